The zero-order chi connectivity index (χ0) is 16.8. The molecule has 0 radical (unpaired) electrons. The summed E-state index contributed by atoms with van der Waals surface area (Å²) in [5.41, 5.74) is 0.854. The van der Waals surface area contributed by atoms with Crippen molar-refractivity contribution in [2.75, 3.05) is 11.9 Å². The van der Waals surface area contributed by atoms with Crippen LogP contribution < -0.4 is 5.32 Å². The lowest BCUT2D eigenvalue weighted by Crippen LogP contribution is -2.20. The number of nitrogens with zero attached hydrogens (tertiary/aromatic N) is 1. The first-order valence-corrected chi connectivity index (χ1v) is 6.83. The average molecular weight is 331 g/mol. The van der Waals surface area contributed by atoms with E-state index >= 15 is 0 Å². The van der Waals surface area contributed by atoms with Crippen LogP contribution in [0.5, 0.6) is 5.75 Å². The number of carbonyl (C=O) groups excluding carboxylic acids is 2. The molecule has 0 aromatic heterocycles. The van der Waals surface area contributed by atoms with Gasteiger partial charge in [0.05, 0.1) is 11.6 Å². The van der Waals surface area contributed by atoms with Crippen molar-refractivity contribution in [3.8, 4) is 11.8 Å². The Labute approximate surface area is 136 Å². The first-order chi connectivity index (χ1) is 11.0. The van der Waals surface area contributed by atoms with Crippen molar-refractivity contribution in [2.24, 2.45) is 0 Å². The smallest absolute Gasteiger partial charge is 0.342 e. The summed E-state index contributed by atoms with van der Waals surface area (Å²) in [6, 6.07) is 12.1. The molecule has 0 fully saturated rings. The van der Waals surface area contributed by atoms with Crippen molar-refractivity contribution in [3.63, 3.8) is 0 Å². The highest BCUT2D eigenvalue weighted by molar-refractivity contribution is 6.30. The van der Waals surface area contributed by atoms with E-state index in [1.165, 1.54) is 18.2 Å². The number of nitrogens with one attached hydrogen (secondary N) is 1. The normalized spacial score (nSPS) is 9.74. The molecule has 23 heavy (non-hydrogen) atoms. The van der Waals surface area contributed by atoms with Crippen molar-refractivity contribution < 1.29 is 19.4 Å². The largest absolute Gasteiger partial charge is 0.507 e. The zero-order valence-electron chi connectivity index (χ0n) is 11.7. The molecule has 2 N–H and O–H groups in total. The van der Waals surface area contributed by atoms with Gasteiger partial charge in [-0.15, -0.1) is 0 Å². The third kappa shape index (κ3) is 4.46. The van der Waals surface area contributed by atoms with Gasteiger partial charge in [0.25, 0.3) is 5.91 Å². The number of carbonyl (C=O) groups is 2. The second-order valence-corrected chi connectivity index (χ2v) is 4.91. The molecule has 1 amide bonds. The van der Waals surface area contributed by atoms with Crippen molar-refractivity contribution in [2.45, 2.75) is 0 Å². The Morgan fingerprint density at radius 2 is 1.91 bits per heavy atom. The van der Waals surface area contributed by atoms with E-state index in [9.17, 15) is 14.7 Å². The van der Waals surface area contributed by atoms with Gasteiger partial charge < -0.3 is 15.2 Å². The predicted molar refractivity (Wildman–Crippen MR) is 83.2 cm³/mol. The van der Waals surface area contributed by atoms with Gasteiger partial charge in [0, 0.05) is 10.7 Å². The van der Waals surface area contributed by atoms with Crippen LogP contribution in [0.25, 0.3) is 0 Å². The summed E-state index contributed by atoms with van der Waals surface area (Å²) >= 11 is 5.66. The fourth-order valence-electron chi connectivity index (χ4n) is 1.71. The average Bonchev–Trinajstić information content (AvgIpc) is 2.53. The minimum absolute atomic E-state index is 0.0828. The van der Waals surface area contributed by atoms with E-state index in [1.54, 1.807) is 24.3 Å². The molecule has 2 rings (SSSR count). The zero-order valence-corrected chi connectivity index (χ0v) is 12.5. The van der Waals surface area contributed by atoms with Crippen molar-refractivity contribution in [1.29, 1.82) is 5.26 Å². The number of anilines is 1. The van der Waals surface area contributed by atoms with E-state index in [0.717, 1.165) is 0 Å². The third-order valence-corrected chi connectivity index (χ3v) is 3.05. The van der Waals surface area contributed by atoms with Crippen molar-refractivity contribution in [1.82, 2.24) is 0 Å². The van der Waals surface area contributed by atoms with Gasteiger partial charge in [0.2, 0.25) is 0 Å². The molecule has 0 spiro atoms. The minimum Gasteiger partial charge on any atom is -0.507 e. The lowest BCUT2D eigenvalue weighted by molar-refractivity contribution is -0.119. The molecule has 0 aliphatic carbocycles. The number of esters is 1. The summed E-state index contributed by atoms with van der Waals surface area (Å²) < 4.78 is 4.82. The first kappa shape index (κ1) is 16.3. The van der Waals surface area contributed by atoms with Gasteiger partial charge in [-0.3, -0.25) is 4.79 Å². The van der Waals surface area contributed by atoms with Crippen LogP contribution in [-0.2, 0) is 9.53 Å². The number of amides is 1. The Balaban J connectivity index is 1.90. The summed E-state index contributed by atoms with van der Waals surface area (Å²) in [7, 11) is 0. The second kappa shape index (κ2) is 7.29. The Morgan fingerprint density at radius 3 is 2.52 bits per heavy atom. The van der Waals surface area contributed by atoms with Crippen LogP contribution in [0.1, 0.15) is 15.9 Å². The van der Waals surface area contributed by atoms with E-state index in [-0.39, 0.29) is 16.3 Å². The van der Waals surface area contributed by atoms with Gasteiger partial charge in [-0.25, -0.2) is 4.79 Å². The lowest BCUT2D eigenvalue weighted by atomic mass is 10.2. The van der Waals surface area contributed by atoms with Gasteiger partial charge >= 0.3 is 5.97 Å². The molecule has 0 aliphatic heterocycles. The molecule has 6 nitrogen and oxygen atoms in total. The fraction of sp³-hybridized carbons (Fsp3) is 0.0625. The summed E-state index contributed by atoms with van der Waals surface area (Å²) in [5.74, 6) is -1.71. The third-order valence-electron chi connectivity index (χ3n) is 2.81. The summed E-state index contributed by atoms with van der Waals surface area (Å²) in [6.45, 7) is -0.513. The molecule has 7 heteroatoms. The molecule has 2 aromatic carbocycles. The Bertz CT molecular complexity index is 782. The maximum absolute atomic E-state index is 11.8. The Hall–Kier alpha value is -3.04. The molecule has 0 unspecified atom stereocenters. The maximum atomic E-state index is 11.8. The highest BCUT2D eigenvalue weighted by Crippen LogP contribution is 2.22. The summed E-state index contributed by atoms with van der Waals surface area (Å²) in [4.78, 5) is 23.5. The maximum Gasteiger partial charge on any atom is 0.342 e. The summed E-state index contributed by atoms with van der Waals surface area (Å²) in [6.07, 6.45) is 0. The van der Waals surface area contributed by atoms with Crippen molar-refractivity contribution >= 4 is 29.2 Å². The first-order valence-electron chi connectivity index (χ1n) is 6.45. The number of ether oxygens (including phenoxy) is 1. The SMILES string of the molecule is N#Cc1ccc(NC(=O)COC(=O)c2ccc(Cl)cc2O)cc1. The van der Waals surface area contributed by atoms with Crippen LogP contribution in [0.4, 0.5) is 5.69 Å². The number of halogens is 1. The van der Waals surface area contributed by atoms with Crippen LogP contribution in [0.15, 0.2) is 42.5 Å². The number of hydrogen-bond acceptors (Lipinski definition) is 5. The number of phenols is 1. The molecule has 0 aliphatic rings. The molecule has 0 saturated heterocycles. The number of nitriles is 1. The minimum atomic E-state index is -0.839. The molecule has 0 heterocycles. The van der Waals surface area contributed by atoms with Crippen LogP contribution in [0, 0.1) is 11.3 Å². The number of benzene rings is 2. The fourth-order valence-corrected chi connectivity index (χ4v) is 1.88. The molecule has 116 valence electrons. The van der Waals surface area contributed by atoms with Crippen LogP contribution >= 0.6 is 11.6 Å². The second-order valence-electron chi connectivity index (χ2n) is 4.47. The summed E-state index contributed by atoms with van der Waals surface area (Å²) in [5, 5.41) is 21.1. The highest BCUT2D eigenvalue weighted by Gasteiger charge is 2.14. The van der Waals surface area contributed by atoms with E-state index < -0.39 is 18.5 Å². The molecule has 2 aromatic rings. The van der Waals surface area contributed by atoms with E-state index in [1.807, 2.05) is 6.07 Å². The van der Waals surface area contributed by atoms with Gasteiger partial charge in [-0.05, 0) is 42.5 Å². The molecule has 0 bridgehead atoms. The number of phenolic OH excluding ortho intramolecular Hbond substituents is 1. The van der Waals surface area contributed by atoms with E-state index in [0.29, 0.717) is 11.3 Å². The van der Waals surface area contributed by atoms with Gasteiger partial charge in [0.15, 0.2) is 6.61 Å². The van der Waals surface area contributed by atoms with E-state index in [2.05, 4.69) is 5.32 Å². The van der Waals surface area contributed by atoms with Crippen LogP contribution in [0.2, 0.25) is 5.02 Å². The number of hydrogen-bond donors (Lipinski definition) is 2. The molecular weight excluding hydrogens is 320 g/mol. The molecule has 0 atom stereocenters. The van der Waals surface area contributed by atoms with Gasteiger partial charge in [-0.1, -0.05) is 11.6 Å². The topological polar surface area (TPSA) is 99.4 Å². The number of aromatic hydroxyl groups is 1. The van der Waals surface area contributed by atoms with Crippen LogP contribution in [-0.4, -0.2) is 23.6 Å². The highest BCUT2D eigenvalue weighted by atomic mass is 35.5. The lowest BCUT2D eigenvalue weighted by Gasteiger charge is -2.07. The molecule has 0 saturated carbocycles. The monoisotopic (exact) mass is 330 g/mol. The van der Waals surface area contributed by atoms with Crippen LogP contribution in [0.3, 0.4) is 0 Å². The number of rotatable bonds is 4. The Morgan fingerprint density at radius 1 is 1.22 bits per heavy atom. The standard InChI is InChI=1S/C16H11ClN2O4/c17-11-3-6-13(14(20)7-11)16(22)23-9-15(21)19-12-4-1-10(8-18)2-5-12/h1-7,20H,9H2,(H,19,21). The predicted octanol–water partition coefficient (Wildman–Crippen LogP) is 2.71. The van der Waals surface area contributed by atoms with Crippen molar-refractivity contribution in [3.05, 3.63) is 58.6 Å². The quantitative estimate of drug-likeness (QED) is 0.840. The van der Waals surface area contributed by atoms with Gasteiger partial charge in [0.1, 0.15) is 11.3 Å². The molecular formula is C16H11ClN2O4. The van der Waals surface area contributed by atoms with Gasteiger partial charge in [-0.2, -0.15) is 5.26 Å². The Kier molecular flexibility index (Phi) is 5.18. The van der Waals surface area contributed by atoms with E-state index in [4.69, 9.17) is 21.6 Å².